The van der Waals surface area contributed by atoms with Gasteiger partial charge in [-0.3, -0.25) is 13.9 Å². The minimum atomic E-state index is -4.09. The number of nitrogens with zero attached hydrogens (tertiary/aromatic N) is 2. The molecule has 0 saturated heterocycles. The van der Waals surface area contributed by atoms with E-state index >= 15 is 0 Å². The number of aryl methyl sites for hydroxylation is 2. The van der Waals surface area contributed by atoms with Crippen LogP contribution >= 0.6 is 11.6 Å². The predicted octanol–water partition coefficient (Wildman–Crippen LogP) is 6.02. The van der Waals surface area contributed by atoms with Gasteiger partial charge in [0.2, 0.25) is 11.8 Å². The Kier molecular flexibility index (Phi) is 10.1. The molecule has 9 heteroatoms. The Morgan fingerprint density at radius 2 is 1.59 bits per heavy atom. The smallest absolute Gasteiger partial charge is 0.264 e. The summed E-state index contributed by atoms with van der Waals surface area (Å²) < 4.78 is 29.0. The van der Waals surface area contributed by atoms with Gasteiger partial charge in [0.05, 0.1) is 10.6 Å². The van der Waals surface area contributed by atoms with Gasteiger partial charge < -0.3 is 10.2 Å². The second-order valence-corrected chi connectivity index (χ2v) is 13.1. The van der Waals surface area contributed by atoms with E-state index in [9.17, 15) is 18.0 Å². The molecule has 0 spiro atoms. The number of amides is 2. The van der Waals surface area contributed by atoms with Gasteiger partial charge in [0.1, 0.15) is 12.6 Å². The van der Waals surface area contributed by atoms with Gasteiger partial charge in [-0.25, -0.2) is 8.42 Å². The second kappa shape index (κ2) is 13.5. The molecule has 7 nitrogen and oxygen atoms in total. The minimum Gasteiger partial charge on any atom is -0.352 e. The van der Waals surface area contributed by atoms with Crippen molar-refractivity contribution in [3.8, 4) is 0 Å². The van der Waals surface area contributed by atoms with Gasteiger partial charge in [-0.1, -0.05) is 67.3 Å². The molecule has 1 fully saturated rings. The van der Waals surface area contributed by atoms with Crippen LogP contribution in [0.3, 0.4) is 0 Å². The summed E-state index contributed by atoms with van der Waals surface area (Å²) in [4.78, 5) is 29.0. The highest BCUT2D eigenvalue weighted by Gasteiger charge is 2.33. The Labute approximate surface area is 248 Å². The number of sulfonamides is 1. The van der Waals surface area contributed by atoms with Crippen LogP contribution in [0, 0.1) is 13.8 Å². The van der Waals surface area contributed by atoms with Gasteiger partial charge in [-0.15, -0.1) is 0 Å². The first kappa shape index (κ1) is 30.6. The molecular formula is C32H38ClN3O4S. The molecule has 218 valence electrons. The summed E-state index contributed by atoms with van der Waals surface area (Å²) in [6.45, 7) is 5.20. The maximum atomic E-state index is 14.1. The molecule has 2 amide bonds. The van der Waals surface area contributed by atoms with Gasteiger partial charge in [0, 0.05) is 17.6 Å². The molecule has 0 bridgehead atoms. The zero-order valence-corrected chi connectivity index (χ0v) is 25.4. The van der Waals surface area contributed by atoms with Crippen LogP contribution < -0.4 is 9.62 Å². The van der Waals surface area contributed by atoms with Gasteiger partial charge in [0.25, 0.3) is 10.0 Å². The Hall–Kier alpha value is -3.36. The Balaban J connectivity index is 1.68. The van der Waals surface area contributed by atoms with Crippen LogP contribution in [-0.4, -0.2) is 43.8 Å². The highest BCUT2D eigenvalue weighted by molar-refractivity contribution is 7.92. The number of anilines is 1. The van der Waals surface area contributed by atoms with Crippen molar-refractivity contribution in [3.05, 3.63) is 94.5 Å². The number of hydrogen-bond acceptors (Lipinski definition) is 4. The fourth-order valence-corrected chi connectivity index (χ4v) is 6.62. The Morgan fingerprint density at radius 3 is 2.22 bits per heavy atom. The number of halogens is 1. The third-order valence-corrected chi connectivity index (χ3v) is 9.81. The van der Waals surface area contributed by atoms with Crippen LogP contribution in [0.1, 0.15) is 55.7 Å². The number of carbonyl (C=O) groups excluding carboxylic acids is 2. The molecule has 1 atom stereocenters. The molecule has 0 unspecified atom stereocenters. The summed E-state index contributed by atoms with van der Waals surface area (Å²) in [5.41, 5.74) is 3.08. The van der Waals surface area contributed by atoms with Crippen molar-refractivity contribution in [2.45, 2.75) is 76.4 Å². The third-order valence-electron chi connectivity index (χ3n) is 7.77. The molecule has 1 saturated carbocycles. The minimum absolute atomic E-state index is 0.0803. The van der Waals surface area contributed by atoms with Gasteiger partial charge in [-0.2, -0.15) is 0 Å². The first-order valence-electron chi connectivity index (χ1n) is 14.1. The van der Waals surface area contributed by atoms with Gasteiger partial charge in [0.15, 0.2) is 0 Å². The van der Waals surface area contributed by atoms with Crippen molar-refractivity contribution in [1.82, 2.24) is 10.2 Å². The molecule has 0 aliphatic heterocycles. The third kappa shape index (κ3) is 7.68. The standard InChI is InChI=1S/C32H38ClN3O4S/c1-23-14-19-29(20-24(23)2)36(41(39,40)30-12-8-5-9-13-30)22-31(37)35(21-26-15-17-27(33)18-16-26)25(3)32(38)34-28-10-6-4-7-11-28/h5,8-9,12-20,25,28H,4,6-7,10-11,21-22H2,1-3H3,(H,34,38)/t25-/m0/s1. The molecule has 1 N–H and O–H groups in total. The first-order chi connectivity index (χ1) is 19.6. The molecule has 0 radical (unpaired) electrons. The van der Waals surface area contributed by atoms with Crippen LogP contribution in [0.4, 0.5) is 5.69 Å². The lowest BCUT2D eigenvalue weighted by Crippen LogP contribution is -2.53. The Bertz CT molecular complexity index is 1460. The second-order valence-electron chi connectivity index (χ2n) is 10.8. The first-order valence-corrected chi connectivity index (χ1v) is 15.9. The summed E-state index contributed by atoms with van der Waals surface area (Å²) in [6, 6.07) is 19.7. The summed E-state index contributed by atoms with van der Waals surface area (Å²) >= 11 is 6.08. The summed E-state index contributed by atoms with van der Waals surface area (Å²) in [7, 11) is -4.09. The SMILES string of the molecule is Cc1ccc(N(CC(=O)N(Cc2ccc(Cl)cc2)[C@@H](C)C(=O)NC2CCCCC2)S(=O)(=O)c2ccccc2)cc1C. The topological polar surface area (TPSA) is 86.8 Å². The van der Waals surface area contributed by atoms with Crippen molar-refractivity contribution >= 4 is 39.1 Å². The van der Waals surface area contributed by atoms with E-state index in [-0.39, 0.29) is 23.4 Å². The number of nitrogens with one attached hydrogen (secondary N) is 1. The van der Waals surface area contributed by atoms with Crippen molar-refractivity contribution in [3.63, 3.8) is 0 Å². The number of carbonyl (C=O) groups is 2. The molecule has 4 rings (SSSR count). The van der Waals surface area contributed by atoms with Crippen molar-refractivity contribution < 1.29 is 18.0 Å². The predicted molar refractivity (Wildman–Crippen MR) is 163 cm³/mol. The Morgan fingerprint density at radius 1 is 0.927 bits per heavy atom. The van der Waals surface area contributed by atoms with E-state index in [0.717, 1.165) is 53.1 Å². The number of benzene rings is 3. The molecule has 3 aromatic rings. The lowest BCUT2D eigenvalue weighted by Gasteiger charge is -2.33. The summed E-state index contributed by atoms with van der Waals surface area (Å²) in [5.74, 6) is -0.730. The van der Waals surface area contributed by atoms with E-state index in [1.54, 1.807) is 61.5 Å². The number of rotatable bonds is 10. The van der Waals surface area contributed by atoms with Crippen LogP contribution in [0.5, 0.6) is 0 Å². The summed E-state index contributed by atoms with van der Waals surface area (Å²) in [5, 5.41) is 3.68. The van der Waals surface area contributed by atoms with Crippen molar-refractivity contribution in [1.29, 1.82) is 0 Å². The zero-order valence-electron chi connectivity index (χ0n) is 23.8. The normalized spacial score (nSPS) is 14.7. The highest BCUT2D eigenvalue weighted by Crippen LogP contribution is 2.27. The van der Waals surface area contributed by atoms with E-state index in [1.807, 2.05) is 19.9 Å². The lowest BCUT2D eigenvalue weighted by atomic mass is 9.95. The average Bonchev–Trinajstić information content (AvgIpc) is 2.97. The zero-order chi connectivity index (χ0) is 29.6. The van der Waals surface area contributed by atoms with E-state index in [2.05, 4.69) is 5.32 Å². The average molecular weight is 596 g/mol. The van der Waals surface area contributed by atoms with Gasteiger partial charge in [-0.05, 0) is 86.7 Å². The molecule has 1 aliphatic rings. The number of hydrogen-bond donors (Lipinski definition) is 1. The van der Waals surface area contributed by atoms with Crippen molar-refractivity contribution in [2.24, 2.45) is 0 Å². The molecule has 0 aromatic heterocycles. The van der Waals surface area contributed by atoms with Crippen LogP contribution in [0.25, 0.3) is 0 Å². The molecule has 0 heterocycles. The monoisotopic (exact) mass is 595 g/mol. The maximum Gasteiger partial charge on any atom is 0.264 e. The van der Waals surface area contributed by atoms with E-state index in [4.69, 9.17) is 11.6 Å². The van der Waals surface area contributed by atoms with Crippen LogP contribution in [-0.2, 0) is 26.2 Å². The largest absolute Gasteiger partial charge is 0.352 e. The van der Waals surface area contributed by atoms with Gasteiger partial charge >= 0.3 is 0 Å². The fourth-order valence-electron chi connectivity index (χ4n) is 5.07. The molecular weight excluding hydrogens is 558 g/mol. The van der Waals surface area contributed by atoms with Crippen molar-refractivity contribution in [2.75, 3.05) is 10.8 Å². The molecule has 3 aromatic carbocycles. The fraction of sp³-hybridized carbons (Fsp3) is 0.375. The quantitative estimate of drug-likeness (QED) is 0.311. The van der Waals surface area contributed by atoms with Crippen LogP contribution in [0.2, 0.25) is 5.02 Å². The summed E-state index contributed by atoms with van der Waals surface area (Å²) in [6.07, 6.45) is 5.12. The van der Waals surface area contributed by atoms with E-state index < -0.39 is 28.5 Å². The van der Waals surface area contributed by atoms with E-state index in [0.29, 0.717) is 10.7 Å². The molecule has 1 aliphatic carbocycles. The maximum absolute atomic E-state index is 14.1. The highest BCUT2D eigenvalue weighted by atomic mass is 35.5. The van der Waals surface area contributed by atoms with E-state index in [1.165, 1.54) is 17.0 Å². The lowest BCUT2D eigenvalue weighted by molar-refractivity contribution is -0.139. The molecule has 41 heavy (non-hydrogen) atoms. The van der Waals surface area contributed by atoms with Crippen LogP contribution in [0.15, 0.2) is 77.7 Å².